The number of azo groups is 2. The Bertz CT molecular complexity index is 2160. The molecule has 0 unspecified atom stereocenters. The van der Waals surface area contributed by atoms with Crippen LogP contribution in [0.1, 0.15) is 10.4 Å². The van der Waals surface area contributed by atoms with Gasteiger partial charge in [0.15, 0.2) is 0 Å². The summed E-state index contributed by atoms with van der Waals surface area (Å²) in [7, 11) is -10.6. The third kappa shape index (κ3) is 8.46. The maximum absolute atomic E-state index is 13.4. The van der Waals surface area contributed by atoms with Gasteiger partial charge in [0.25, 0.3) is 0 Å². The molecule has 0 aromatic heterocycles. The van der Waals surface area contributed by atoms with Gasteiger partial charge >= 0.3 is 264 Å². The molecule has 0 amide bonds. The molecule has 4 aromatic rings. The van der Waals surface area contributed by atoms with Gasteiger partial charge in [-0.3, -0.25) is 0 Å². The van der Waals surface area contributed by atoms with Crippen LogP contribution in [0.4, 0.5) is 22.7 Å². The second-order valence-electron chi connectivity index (χ2n) is 8.43. The predicted molar refractivity (Wildman–Crippen MR) is 143 cm³/mol. The number of carboxylic acids is 1. The van der Waals surface area contributed by atoms with E-state index in [0.29, 0.717) is 12.1 Å². The van der Waals surface area contributed by atoms with E-state index in [1.165, 1.54) is 30.3 Å². The van der Waals surface area contributed by atoms with Crippen LogP contribution in [0, 0.1) is 0 Å². The molecule has 6 N–H and O–H groups in total. The van der Waals surface area contributed by atoms with Crippen molar-refractivity contribution in [3.05, 3.63) is 66.2 Å². The number of aromatic hydroxyl groups is 1. The van der Waals surface area contributed by atoms with Gasteiger partial charge in [0.1, 0.15) is 0 Å². The van der Waals surface area contributed by atoms with E-state index >= 15 is 0 Å². The van der Waals surface area contributed by atoms with E-state index in [-0.39, 0.29) is 70.4 Å². The molecule has 0 fully saturated rings. The Morgan fingerprint density at radius 3 is 1.76 bits per heavy atom. The molecule has 224 valence electrons. The average Bonchev–Trinajstić information content (AvgIpc) is 2.90. The maximum Gasteiger partial charge on any atom is 1.00 e. The van der Waals surface area contributed by atoms with Crippen molar-refractivity contribution in [2.24, 2.45) is 20.5 Å². The monoisotopic (exact) mass is 741 g/mol. The fourth-order valence-corrected chi connectivity index (χ4v) is 6.55. The van der Waals surface area contributed by atoms with E-state index < -0.39 is 93.9 Å². The van der Waals surface area contributed by atoms with Crippen LogP contribution < -0.4 is 68.6 Å². The molecular weight excluding hydrogens is 725 g/mol. The molecule has 17 nitrogen and oxygen atoms in total. The first-order valence-corrected chi connectivity index (χ1v) is 17.5. The average molecular weight is 741 g/mol. The van der Waals surface area contributed by atoms with Crippen LogP contribution in [0.15, 0.2) is 90.9 Å². The van der Waals surface area contributed by atoms with Gasteiger partial charge in [-0.2, -0.15) is 0 Å². The molecule has 0 saturated heterocycles. The fraction of sp³-hybridized carbons (Fsp3) is 0. The molecule has 22 heteroatoms. The fourth-order valence-electron chi connectivity index (χ4n) is 3.78. The van der Waals surface area contributed by atoms with Gasteiger partial charge in [-0.25, -0.2) is 4.79 Å². The zero-order chi connectivity index (χ0) is 31.9. The van der Waals surface area contributed by atoms with Gasteiger partial charge in [0.05, 0.1) is 5.56 Å². The third-order valence-corrected chi connectivity index (χ3v) is 9.48. The molecule has 0 radical (unpaired) electrons. The molecule has 0 aliphatic rings. The number of carbonyl (C=O) groups is 1. The summed E-state index contributed by atoms with van der Waals surface area (Å²) in [6.45, 7) is 0. The van der Waals surface area contributed by atoms with Gasteiger partial charge in [-0.05, 0) is 12.1 Å². The topological polar surface area (TPSA) is 296 Å². The van der Waals surface area contributed by atoms with Gasteiger partial charge in [0.2, 0.25) is 0 Å². The van der Waals surface area contributed by atoms with Crippen LogP contribution in [0.5, 0.6) is 11.5 Å². The van der Waals surface area contributed by atoms with E-state index in [9.17, 15) is 58.0 Å². The number of benzene rings is 4. The first kappa shape index (κ1) is 38.7. The Kier molecular flexibility index (Phi) is 12.5. The Morgan fingerprint density at radius 1 is 0.756 bits per heavy atom. The standard InChI is InChI=1S/C23H17AsN4O13S2.2Na/c29-21-18-11(9-16(42(36,37)38)19(21)27-25-14-7-3-1-5-12(14)23(31)32)10-17(43(39,40)41)20(22(18)30)28-26-15-8-4-2-6-13(15)24(33,34)35;;/h1-10,29-30H,(H,31,32)(H2,33,34,35)(H,36,37,38)(H,39,40,41);;/q;2*+1/p-1. The van der Waals surface area contributed by atoms with E-state index in [0.717, 1.165) is 18.2 Å². The summed E-state index contributed by atoms with van der Waals surface area (Å²) in [6.07, 6.45) is 0. The minimum atomic E-state index is -5.61. The molecule has 4 rings (SSSR count). The Labute approximate surface area is 300 Å². The minimum absolute atomic E-state index is 0. The molecule has 4 aromatic carbocycles. The molecule has 0 aliphatic heterocycles. The number of carboxylic acid groups (broad SMARTS) is 1. The van der Waals surface area contributed by atoms with Crippen molar-refractivity contribution in [2.45, 2.75) is 9.79 Å². The van der Waals surface area contributed by atoms with Crippen LogP contribution in [-0.2, 0) is 24.0 Å². The normalized spacial score (nSPS) is 12.3. The first-order chi connectivity index (χ1) is 19.9. The first-order valence-electron chi connectivity index (χ1n) is 11.2. The zero-order valence-electron chi connectivity index (χ0n) is 22.9. The Morgan fingerprint density at radius 2 is 1.22 bits per heavy atom. The van der Waals surface area contributed by atoms with E-state index in [1.54, 1.807) is 0 Å². The van der Waals surface area contributed by atoms with Gasteiger partial charge in [-0.15, -0.1) is 0 Å². The van der Waals surface area contributed by atoms with Crippen LogP contribution in [0.3, 0.4) is 0 Å². The number of phenols is 1. The smallest absolute Gasteiger partial charge is 1.00 e. The zero-order valence-corrected chi connectivity index (χ0v) is 30.4. The van der Waals surface area contributed by atoms with Crippen molar-refractivity contribution >= 4 is 78.3 Å². The summed E-state index contributed by atoms with van der Waals surface area (Å²) in [5, 5.41) is 46.4. The number of phenolic OH excluding ortho intramolecular Hbond substituents is 1. The molecule has 45 heavy (non-hydrogen) atoms. The van der Waals surface area contributed by atoms with Crippen LogP contribution in [0.2, 0.25) is 0 Å². The summed E-state index contributed by atoms with van der Waals surface area (Å²) in [6, 6.07) is 10.7. The molecule has 0 saturated carbocycles. The number of aromatic carboxylic acids is 1. The summed E-state index contributed by atoms with van der Waals surface area (Å²) in [5.41, 5.74) is -3.38. The van der Waals surface area contributed by atoms with Crippen molar-refractivity contribution in [3.63, 3.8) is 0 Å². The van der Waals surface area contributed by atoms with Crippen molar-refractivity contribution in [1.29, 1.82) is 0 Å². The quantitative estimate of drug-likeness (QED) is 0.0575. The van der Waals surface area contributed by atoms with Crippen molar-refractivity contribution in [1.82, 2.24) is 0 Å². The van der Waals surface area contributed by atoms with Crippen molar-refractivity contribution in [3.8, 4) is 11.5 Å². The van der Waals surface area contributed by atoms with Crippen molar-refractivity contribution in [2.75, 3.05) is 0 Å². The Balaban J connectivity index is 0.00000353. The SMILES string of the molecule is O=C(O)c1ccccc1N=Nc1c(S(=O)(=O)O)cc2cc(S(=O)(=O)O)c(N=Nc3ccccc3[As](=O)(O)O)c([O-])c2c1O.[Na+].[Na+]. The number of rotatable bonds is 8. The molecule has 0 spiro atoms. The predicted octanol–water partition coefficient (Wildman–Crippen LogP) is -3.79. The van der Waals surface area contributed by atoms with Gasteiger partial charge in [-0.1, -0.05) is 12.1 Å². The summed E-state index contributed by atoms with van der Waals surface area (Å²) < 4.78 is 98.6. The second kappa shape index (κ2) is 14.5. The van der Waals surface area contributed by atoms with Gasteiger partial charge in [0, 0.05) is 0 Å². The summed E-state index contributed by atoms with van der Waals surface area (Å²) in [5.74, 6) is -4.19. The van der Waals surface area contributed by atoms with Crippen LogP contribution in [0.25, 0.3) is 10.8 Å². The van der Waals surface area contributed by atoms with E-state index in [4.69, 9.17) is 0 Å². The third-order valence-electron chi connectivity index (χ3n) is 5.63. The second-order valence-corrected chi connectivity index (χ2v) is 14.5. The number of hydrogen-bond acceptors (Lipinski definition) is 12. The van der Waals surface area contributed by atoms with E-state index in [2.05, 4.69) is 20.5 Å². The summed E-state index contributed by atoms with van der Waals surface area (Å²) >= 11 is -5.61. The molecular formula is C23H16AsN4Na2O13S2+. The maximum atomic E-state index is 13.4. The Hall–Kier alpha value is -2.49. The largest absolute Gasteiger partial charge is 1.00 e. The number of nitrogens with zero attached hydrogens (tertiary/aromatic N) is 4. The van der Waals surface area contributed by atoms with E-state index in [1.807, 2.05) is 0 Å². The van der Waals surface area contributed by atoms with Crippen LogP contribution >= 0.6 is 0 Å². The minimum Gasteiger partial charge on any atom is 1.00 e. The van der Waals surface area contributed by atoms with Gasteiger partial charge < -0.3 is 5.11 Å². The summed E-state index contributed by atoms with van der Waals surface area (Å²) in [4.78, 5) is 9.06. The molecule has 0 bridgehead atoms. The van der Waals surface area contributed by atoms with Crippen LogP contribution in [-0.4, -0.2) is 64.5 Å². The molecule has 0 aliphatic carbocycles. The molecule has 0 atom stereocenters. The number of fused-ring (bicyclic) bond motifs is 1. The number of hydrogen-bond donors (Lipinski definition) is 6. The van der Waals surface area contributed by atoms with Crippen molar-refractivity contribution < 1.29 is 117 Å². The molecule has 0 heterocycles.